The summed E-state index contributed by atoms with van der Waals surface area (Å²) in [6.07, 6.45) is -1.98. The van der Waals surface area contributed by atoms with Gasteiger partial charge in [-0.15, -0.1) is 0 Å². The van der Waals surface area contributed by atoms with Crippen LogP contribution in [0.4, 0.5) is 22.4 Å². The van der Waals surface area contributed by atoms with Crippen LogP contribution in [0.2, 0.25) is 31.2 Å². The summed E-state index contributed by atoms with van der Waals surface area (Å²) in [5.74, 6) is -5.91. The normalized spacial score (nSPS) is 21.7. The lowest BCUT2D eigenvalue weighted by atomic mass is 10.3. The number of halogens is 4. The van der Waals surface area contributed by atoms with Crippen molar-refractivity contribution in [3.8, 4) is 0 Å². The van der Waals surface area contributed by atoms with Crippen LogP contribution in [0, 0.1) is 0 Å². The van der Waals surface area contributed by atoms with Gasteiger partial charge in [0.1, 0.15) is 19.8 Å². The van der Waals surface area contributed by atoms with Crippen molar-refractivity contribution >= 4 is 34.8 Å². The predicted octanol–water partition coefficient (Wildman–Crippen LogP) is 3.70. The van der Waals surface area contributed by atoms with Crippen molar-refractivity contribution in [3.63, 3.8) is 0 Å². The van der Waals surface area contributed by atoms with Crippen LogP contribution in [0.15, 0.2) is 12.7 Å². The number of carbonyl (C=O) groups excluding carboxylic acids is 3. The van der Waals surface area contributed by atoms with E-state index in [2.05, 4.69) is 21.9 Å². The van der Waals surface area contributed by atoms with Gasteiger partial charge in [0.2, 0.25) is 5.91 Å². The Bertz CT molecular complexity index is 854. The number of ether oxygens (including phenoxy) is 4. The Balaban J connectivity index is 2.34. The van der Waals surface area contributed by atoms with Crippen LogP contribution < -0.4 is 10.6 Å². The van der Waals surface area contributed by atoms with Gasteiger partial charge in [0.15, 0.2) is 8.32 Å². The third-order valence-electron chi connectivity index (χ3n) is 6.00. The molecule has 2 N–H and O–H groups in total. The van der Waals surface area contributed by atoms with Crippen LogP contribution in [-0.4, -0.2) is 99.6 Å². The van der Waals surface area contributed by atoms with Crippen LogP contribution in [-0.2, 0) is 37.1 Å². The SMILES string of the molecule is C=CC(=O)OCCNC(=O)OCCOCCC[Si]1(C)OCCCC[Si](C)(CCNC(=O)COC(F)(F)C(C)(F)F)O1. The Kier molecular flexibility index (Phi) is 16.0. The predicted molar refractivity (Wildman–Crippen MR) is 144 cm³/mol. The van der Waals surface area contributed by atoms with E-state index in [0.717, 1.165) is 25.0 Å². The quantitative estimate of drug-likeness (QED) is 0.0762. The number of alkyl halides is 4. The Morgan fingerprint density at radius 1 is 0.976 bits per heavy atom. The molecule has 1 saturated heterocycles. The zero-order valence-electron chi connectivity index (χ0n) is 23.9. The molecule has 1 aliphatic heterocycles. The molecule has 17 heteroatoms. The topological polar surface area (TPSA) is 131 Å². The van der Waals surface area contributed by atoms with Crippen LogP contribution in [0.3, 0.4) is 0 Å². The van der Waals surface area contributed by atoms with Gasteiger partial charge >= 0.3 is 32.7 Å². The van der Waals surface area contributed by atoms with Crippen molar-refractivity contribution in [3.05, 3.63) is 12.7 Å². The highest BCUT2D eigenvalue weighted by atomic mass is 28.4. The maximum Gasteiger partial charge on any atom is 0.419 e. The summed E-state index contributed by atoms with van der Waals surface area (Å²) in [7, 11) is -4.94. The molecule has 0 spiro atoms. The van der Waals surface area contributed by atoms with E-state index in [4.69, 9.17) is 22.8 Å². The maximum absolute atomic E-state index is 13.2. The number of esters is 1. The molecule has 0 saturated carbocycles. The second-order valence-electron chi connectivity index (χ2n) is 9.94. The van der Waals surface area contributed by atoms with Crippen LogP contribution in [0.5, 0.6) is 0 Å². The molecule has 0 aromatic heterocycles. The Morgan fingerprint density at radius 2 is 1.71 bits per heavy atom. The largest absolute Gasteiger partial charge is 0.461 e. The minimum Gasteiger partial charge on any atom is -0.461 e. The number of hydrogen-bond acceptors (Lipinski definition) is 9. The van der Waals surface area contributed by atoms with E-state index in [1.54, 1.807) is 0 Å². The molecule has 2 atom stereocenters. The highest BCUT2D eigenvalue weighted by molar-refractivity contribution is 6.83. The summed E-state index contributed by atoms with van der Waals surface area (Å²) in [5, 5.41) is 4.88. The fourth-order valence-electron chi connectivity index (χ4n) is 3.80. The summed E-state index contributed by atoms with van der Waals surface area (Å²) in [4.78, 5) is 34.4. The van der Waals surface area contributed by atoms with Crippen molar-refractivity contribution in [2.24, 2.45) is 0 Å². The molecular weight excluding hydrogens is 592 g/mol. The number of amides is 2. The highest BCUT2D eigenvalue weighted by Gasteiger charge is 2.54. The summed E-state index contributed by atoms with van der Waals surface area (Å²) in [5.41, 5.74) is 0. The van der Waals surface area contributed by atoms with Gasteiger partial charge in [-0.3, -0.25) is 4.79 Å². The zero-order chi connectivity index (χ0) is 31.0. The molecule has 0 aliphatic carbocycles. The van der Waals surface area contributed by atoms with Crippen LogP contribution in [0.1, 0.15) is 26.2 Å². The molecule has 0 aromatic carbocycles. The first-order chi connectivity index (χ1) is 19.1. The smallest absolute Gasteiger partial charge is 0.419 e. The molecule has 0 bridgehead atoms. The number of alkyl carbamates (subject to hydrolysis) is 1. The molecule has 1 aliphatic rings. The molecule has 41 heavy (non-hydrogen) atoms. The number of rotatable bonds is 18. The van der Waals surface area contributed by atoms with E-state index in [9.17, 15) is 31.9 Å². The van der Waals surface area contributed by atoms with Gasteiger partial charge in [-0.05, 0) is 44.1 Å². The second-order valence-corrected chi connectivity index (χ2v) is 17.7. The van der Waals surface area contributed by atoms with Crippen LogP contribution >= 0.6 is 0 Å². The number of hydrogen-bond donors (Lipinski definition) is 2. The molecule has 1 heterocycles. The van der Waals surface area contributed by atoms with Crippen molar-refractivity contribution in [2.45, 2.75) is 69.4 Å². The van der Waals surface area contributed by atoms with Gasteiger partial charge in [-0.25, -0.2) is 9.59 Å². The molecular formula is C24H42F4N2O9Si2. The second kappa shape index (κ2) is 17.8. The zero-order valence-corrected chi connectivity index (χ0v) is 25.9. The van der Waals surface area contributed by atoms with E-state index in [-0.39, 0.29) is 39.8 Å². The van der Waals surface area contributed by atoms with Gasteiger partial charge < -0.3 is 38.1 Å². The van der Waals surface area contributed by atoms with Gasteiger partial charge in [0, 0.05) is 32.8 Å². The first kappa shape index (κ1) is 37.0. The Labute approximate surface area is 239 Å². The molecule has 238 valence electrons. The number of nitrogens with one attached hydrogen (secondary N) is 2. The van der Waals surface area contributed by atoms with Gasteiger partial charge in [-0.2, -0.15) is 17.6 Å². The Hall–Kier alpha value is -2.06. The minimum absolute atomic E-state index is 0.000948. The van der Waals surface area contributed by atoms with Crippen molar-refractivity contribution in [2.75, 3.05) is 52.7 Å². The average molecular weight is 635 g/mol. The monoisotopic (exact) mass is 634 g/mol. The molecule has 0 radical (unpaired) electrons. The third-order valence-corrected chi connectivity index (χ3v) is 14.5. The van der Waals surface area contributed by atoms with E-state index < -0.39 is 53.5 Å². The van der Waals surface area contributed by atoms with Gasteiger partial charge in [-0.1, -0.05) is 13.0 Å². The molecule has 0 aromatic rings. The van der Waals surface area contributed by atoms with Crippen LogP contribution in [0.25, 0.3) is 0 Å². The molecule has 1 fully saturated rings. The van der Waals surface area contributed by atoms with E-state index in [1.807, 2.05) is 13.1 Å². The lowest BCUT2D eigenvalue weighted by molar-refractivity contribution is -0.337. The molecule has 1 rings (SSSR count). The van der Waals surface area contributed by atoms with E-state index in [0.29, 0.717) is 31.7 Å². The number of carbonyl (C=O) groups is 3. The van der Waals surface area contributed by atoms with Crippen molar-refractivity contribution < 1.29 is 59.4 Å². The standard InChI is InChI=1S/C24H42F4N2O9Si2/c1-5-21(32)35-13-9-30-22(33)36-15-14-34-11-8-17-41(4)38-12-6-7-16-40(3,39-41)18-10-29-20(31)19-37-24(27,28)23(2,25)26/h5H,1,6-19H2,2-4H3,(H,29,31)(H,30,33). The highest BCUT2D eigenvalue weighted by Crippen LogP contribution is 2.34. The van der Waals surface area contributed by atoms with E-state index >= 15 is 0 Å². The average Bonchev–Trinajstić information content (AvgIpc) is 2.87. The molecule has 2 amide bonds. The van der Waals surface area contributed by atoms with Gasteiger partial charge in [0.05, 0.1) is 13.2 Å². The van der Waals surface area contributed by atoms with Crippen molar-refractivity contribution in [1.29, 1.82) is 0 Å². The van der Waals surface area contributed by atoms with Gasteiger partial charge in [0.25, 0.3) is 0 Å². The fraction of sp³-hybridized carbons (Fsp3) is 0.792. The first-order valence-corrected chi connectivity index (χ1v) is 18.7. The maximum atomic E-state index is 13.2. The molecule has 11 nitrogen and oxygen atoms in total. The third kappa shape index (κ3) is 15.7. The Morgan fingerprint density at radius 3 is 2.39 bits per heavy atom. The summed E-state index contributed by atoms with van der Waals surface area (Å²) in [6, 6.07) is 1.98. The summed E-state index contributed by atoms with van der Waals surface area (Å²) in [6.45, 7) is 7.55. The summed E-state index contributed by atoms with van der Waals surface area (Å²) < 4.78 is 83.9. The molecule has 2 unspecified atom stereocenters. The lowest BCUT2D eigenvalue weighted by Crippen LogP contribution is -2.52. The summed E-state index contributed by atoms with van der Waals surface area (Å²) >= 11 is 0. The first-order valence-electron chi connectivity index (χ1n) is 13.4. The fourth-order valence-corrected chi connectivity index (χ4v) is 12.8. The lowest BCUT2D eigenvalue weighted by Gasteiger charge is -2.40. The van der Waals surface area contributed by atoms with E-state index in [1.165, 1.54) is 0 Å². The minimum atomic E-state index is -4.74. The van der Waals surface area contributed by atoms with Crippen molar-refractivity contribution in [1.82, 2.24) is 10.6 Å².